The number of nitrogens with one attached hydrogen (secondary N) is 2. The Morgan fingerprint density at radius 1 is 0.704 bits per heavy atom. The molecular weight excluding hydrogens is 955 g/mol. The molecule has 4 heterocycles. The van der Waals surface area contributed by atoms with E-state index in [2.05, 4.69) is 61.3 Å². The monoisotopic (exact) mass is 1020 g/mol. The van der Waals surface area contributed by atoms with Crippen molar-refractivity contribution >= 4 is 48.7 Å². The number of rotatable bonds is 17. The lowest BCUT2D eigenvalue weighted by Crippen LogP contribution is -2.52. The summed E-state index contributed by atoms with van der Waals surface area (Å²) in [5.74, 6) is 9.82. The maximum Gasteiger partial charge on any atom is 0.405 e. The first kappa shape index (κ1) is 56.8. The number of ether oxygens (including phenoxy) is 3. The van der Waals surface area contributed by atoms with Crippen molar-refractivity contribution in [2.24, 2.45) is 5.73 Å². The lowest BCUT2D eigenvalue weighted by Gasteiger charge is -2.32. The molecule has 0 radical (unpaired) electrons. The van der Waals surface area contributed by atoms with Crippen LogP contribution >= 0.6 is 0 Å². The molecule has 0 aliphatic carbocycles. The number of hydrogen-bond acceptors (Lipinski definition) is 15. The maximum atomic E-state index is 12.9. The number of primary amides is 1. The second-order valence-electron chi connectivity index (χ2n) is 18.3. The molecule has 6 rings (SSSR count). The van der Waals surface area contributed by atoms with Crippen LogP contribution in [-0.2, 0) is 53.1 Å². The van der Waals surface area contributed by atoms with Crippen LogP contribution in [-0.4, -0.2) is 150 Å². The SMILES string of the molecule is CC(CCN1CC=C(c2ccc(C#CCO)cc2)CC1)(C(=O)NOC1CCCCO1)S(C)(=O)=O.CC(CCN1CC=C(c2ccc(C#CCOC(N)=O)cc2)CC1)(C(=O)NOC1CCCCO1)S(C)(=O)=O. The number of nitrogens with zero attached hydrogens (tertiary/aromatic N) is 2. The van der Waals surface area contributed by atoms with Gasteiger partial charge in [0, 0.05) is 89.0 Å². The van der Waals surface area contributed by atoms with E-state index in [1.807, 2.05) is 48.5 Å². The molecule has 2 aromatic rings. The average Bonchev–Trinajstić information content (AvgIpc) is 3.37. The van der Waals surface area contributed by atoms with Crippen LogP contribution in [0.15, 0.2) is 60.7 Å². The summed E-state index contributed by atoms with van der Waals surface area (Å²) in [4.78, 5) is 51.2. The van der Waals surface area contributed by atoms with E-state index >= 15 is 0 Å². The van der Waals surface area contributed by atoms with Crippen molar-refractivity contribution in [1.29, 1.82) is 0 Å². The third kappa shape index (κ3) is 17.3. The fourth-order valence-electron chi connectivity index (χ4n) is 8.02. The van der Waals surface area contributed by atoms with E-state index in [-0.39, 0.29) is 26.1 Å². The molecule has 4 aliphatic heterocycles. The summed E-state index contributed by atoms with van der Waals surface area (Å²) in [7, 11) is -7.39. The van der Waals surface area contributed by atoms with Crippen LogP contribution in [0.3, 0.4) is 0 Å². The van der Waals surface area contributed by atoms with Gasteiger partial charge in [0.15, 0.2) is 48.4 Å². The molecule has 2 fully saturated rings. The molecule has 3 amide bonds. The lowest BCUT2D eigenvalue weighted by atomic mass is 9.98. The minimum absolute atomic E-state index is 0.0555. The number of aliphatic hydroxyl groups is 1. The molecule has 4 atom stereocenters. The number of carbonyl (C=O) groups is 3. The van der Waals surface area contributed by atoms with Gasteiger partial charge in [0.25, 0.3) is 11.8 Å². The third-order valence-corrected chi connectivity index (χ3v) is 17.2. The van der Waals surface area contributed by atoms with Crippen LogP contribution in [0.2, 0.25) is 0 Å². The average molecular weight is 1020 g/mol. The van der Waals surface area contributed by atoms with Gasteiger partial charge in [-0.15, -0.1) is 0 Å². The van der Waals surface area contributed by atoms with Gasteiger partial charge >= 0.3 is 6.09 Å². The molecular formula is C51H69N5O13S2. The molecule has 388 valence electrons. The molecule has 5 N–H and O–H groups in total. The minimum Gasteiger partial charge on any atom is -0.437 e. The molecule has 20 heteroatoms. The fourth-order valence-corrected chi connectivity index (χ4v) is 9.70. The summed E-state index contributed by atoms with van der Waals surface area (Å²) in [5.41, 5.74) is 15.8. The Morgan fingerprint density at radius 2 is 1.13 bits per heavy atom. The zero-order chi connectivity index (χ0) is 51.5. The Kier molecular flexibility index (Phi) is 21.6. The molecule has 0 bridgehead atoms. The maximum absolute atomic E-state index is 12.9. The Balaban J connectivity index is 0.000000265. The smallest absolute Gasteiger partial charge is 0.405 e. The highest BCUT2D eigenvalue weighted by Gasteiger charge is 2.45. The number of nitrogens with two attached hydrogens (primary N) is 1. The van der Waals surface area contributed by atoms with Crippen molar-refractivity contribution in [1.82, 2.24) is 20.8 Å². The normalized spacial score (nSPS) is 20.5. The number of sulfone groups is 2. The van der Waals surface area contributed by atoms with Crippen molar-refractivity contribution < 1.29 is 60.2 Å². The summed E-state index contributed by atoms with van der Waals surface area (Å²) < 4.78 is 62.5. The molecule has 0 aromatic heterocycles. The number of amides is 3. The van der Waals surface area contributed by atoms with Crippen LogP contribution in [0.25, 0.3) is 11.1 Å². The molecule has 4 aliphatic rings. The molecule has 2 aromatic carbocycles. The van der Waals surface area contributed by atoms with Crippen molar-refractivity contribution in [3.8, 4) is 23.7 Å². The van der Waals surface area contributed by atoms with E-state index in [0.717, 1.165) is 86.4 Å². The Labute approximate surface area is 418 Å². The topological polar surface area (TPSA) is 242 Å². The van der Waals surface area contributed by atoms with Crippen LogP contribution in [0.1, 0.15) is 100 Å². The number of carbonyl (C=O) groups excluding carboxylic acids is 3. The van der Waals surface area contributed by atoms with E-state index in [1.165, 1.54) is 25.0 Å². The first-order chi connectivity index (χ1) is 33.8. The predicted molar refractivity (Wildman–Crippen MR) is 269 cm³/mol. The molecule has 2 saturated heterocycles. The highest BCUT2D eigenvalue weighted by molar-refractivity contribution is 7.93. The van der Waals surface area contributed by atoms with Gasteiger partial charge in [0.05, 0.1) is 0 Å². The lowest BCUT2D eigenvalue weighted by molar-refractivity contribution is -0.201. The Bertz CT molecular complexity index is 2540. The summed E-state index contributed by atoms with van der Waals surface area (Å²) in [6.45, 7) is 7.55. The Hall–Kier alpha value is -5.13. The summed E-state index contributed by atoms with van der Waals surface area (Å²) in [5, 5.41) is 8.81. The highest BCUT2D eigenvalue weighted by Crippen LogP contribution is 2.28. The standard InChI is InChI=1S/C26H35N3O7S.C25H34N2O6S/c1-26(37(2,32)33,24(30)28-36-23-7-3-4-18-34-23)14-17-29-15-12-22(13-16-29)21-10-8-20(9-11-21)6-5-19-35-25(27)31;1-25(34(2,30)31,24(29)26-33-23-7-3-4-19-32-23)14-17-27-15-12-22(13-16-27)21-10-8-20(9-11-21)6-5-18-28/h8-12,23H,3-4,7,13-19H2,1-2H3,(H2,27,31)(H,28,30);8-12,23,28H,3-4,7,13-19H2,1-2H3,(H,26,29). The molecule has 0 saturated carbocycles. The van der Waals surface area contributed by atoms with Gasteiger partial charge < -0.3 is 25.1 Å². The van der Waals surface area contributed by atoms with Crippen LogP contribution in [0.5, 0.6) is 0 Å². The van der Waals surface area contributed by atoms with E-state index in [1.54, 1.807) is 0 Å². The van der Waals surface area contributed by atoms with Gasteiger partial charge in [-0.2, -0.15) is 0 Å². The van der Waals surface area contributed by atoms with Crippen molar-refractivity contribution in [3.63, 3.8) is 0 Å². The molecule has 4 unspecified atom stereocenters. The zero-order valence-corrected chi connectivity index (χ0v) is 42.8. The number of aliphatic hydroxyl groups excluding tert-OH is 1. The molecule has 71 heavy (non-hydrogen) atoms. The van der Waals surface area contributed by atoms with Gasteiger partial charge in [0.1, 0.15) is 6.61 Å². The van der Waals surface area contributed by atoms with E-state index in [4.69, 9.17) is 30.0 Å². The van der Waals surface area contributed by atoms with Crippen LogP contribution < -0.4 is 16.7 Å². The van der Waals surface area contributed by atoms with Crippen molar-refractivity contribution in [2.75, 3.05) is 78.2 Å². The van der Waals surface area contributed by atoms with E-state index < -0.39 is 59.7 Å². The van der Waals surface area contributed by atoms with E-state index in [0.29, 0.717) is 52.2 Å². The van der Waals surface area contributed by atoms with Gasteiger partial charge in [-0.1, -0.05) is 60.1 Å². The van der Waals surface area contributed by atoms with Gasteiger partial charge in [0.2, 0.25) is 0 Å². The summed E-state index contributed by atoms with van der Waals surface area (Å²) >= 11 is 0. The van der Waals surface area contributed by atoms with Crippen molar-refractivity contribution in [3.05, 3.63) is 82.9 Å². The first-order valence-electron chi connectivity index (χ1n) is 23.9. The highest BCUT2D eigenvalue weighted by atomic mass is 32.2. The zero-order valence-electron chi connectivity index (χ0n) is 41.2. The summed E-state index contributed by atoms with van der Waals surface area (Å²) in [6.07, 6.45) is 11.5. The van der Waals surface area contributed by atoms with Crippen molar-refractivity contribution in [2.45, 2.75) is 100 Å². The van der Waals surface area contributed by atoms with Gasteiger partial charge in [-0.25, -0.2) is 42.3 Å². The third-order valence-electron chi connectivity index (χ3n) is 13.2. The second kappa shape index (κ2) is 27.1. The predicted octanol–water partition coefficient (Wildman–Crippen LogP) is 3.88. The van der Waals surface area contributed by atoms with E-state index in [9.17, 15) is 31.2 Å². The Morgan fingerprint density at radius 3 is 1.46 bits per heavy atom. The van der Waals surface area contributed by atoms with Gasteiger partial charge in [-0.3, -0.25) is 19.4 Å². The second-order valence-corrected chi connectivity index (χ2v) is 23.2. The molecule has 0 spiro atoms. The first-order valence-corrected chi connectivity index (χ1v) is 27.7. The number of hydroxylamine groups is 2. The molecule has 18 nitrogen and oxygen atoms in total. The largest absolute Gasteiger partial charge is 0.437 e. The fraction of sp³-hybridized carbons (Fsp3) is 0.549. The van der Waals surface area contributed by atoms with Gasteiger partial charge in [-0.05, 0) is 112 Å². The summed E-state index contributed by atoms with van der Waals surface area (Å²) in [6, 6.07) is 15.7. The van der Waals surface area contributed by atoms with Crippen LogP contribution in [0, 0.1) is 23.7 Å². The minimum atomic E-state index is -3.70. The van der Waals surface area contributed by atoms with Crippen LogP contribution in [0.4, 0.5) is 4.79 Å². The quantitative estimate of drug-likeness (QED) is 0.130. The number of benzene rings is 2. The number of hydrogen-bond donors (Lipinski definition) is 4.